The molecule has 0 amide bonds. The van der Waals surface area contributed by atoms with Crippen LogP contribution < -0.4 is 47.4 Å². The van der Waals surface area contributed by atoms with Gasteiger partial charge in [-0.25, -0.2) is 0 Å². The van der Waals surface area contributed by atoms with Crippen molar-refractivity contribution in [1.82, 2.24) is 9.43 Å². The van der Waals surface area contributed by atoms with Crippen LogP contribution >= 0.6 is 11.8 Å². The van der Waals surface area contributed by atoms with Crippen LogP contribution in [-0.2, 0) is 10.1 Å². The predicted octanol–water partition coefficient (Wildman–Crippen LogP) is -5.02. The van der Waals surface area contributed by atoms with E-state index >= 15 is 0 Å². The Labute approximate surface area is 150 Å². The third-order valence-electron chi connectivity index (χ3n) is 2.20. The number of anilines is 1. The van der Waals surface area contributed by atoms with Gasteiger partial charge in [-0.05, 0) is 24.3 Å². The number of hydrogen-bond donors (Lipinski definition) is 2. The molecule has 20 heavy (non-hydrogen) atoms. The number of nitrogens with one attached hydrogen (secondary N) is 1. The summed E-state index contributed by atoms with van der Waals surface area (Å²) in [4.78, 5) is 3.84. The van der Waals surface area contributed by atoms with Gasteiger partial charge < -0.3 is 17.8 Å². The molecule has 1 aliphatic rings. The van der Waals surface area contributed by atoms with E-state index in [0.29, 0.717) is 19.0 Å². The Morgan fingerprint density at radius 1 is 1.30 bits per heavy atom. The topological polar surface area (TPSA) is 85.2 Å². The minimum Gasteiger partial charge on any atom is -1.00 e. The fourth-order valence-electron chi connectivity index (χ4n) is 1.42. The molecule has 0 fully saturated rings. The average molecular weight is 349 g/mol. The maximum Gasteiger partial charge on any atom is 1.00 e. The Bertz CT molecular complexity index is 555. The molecule has 0 spiro atoms. The van der Waals surface area contributed by atoms with E-state index in [0.717, 1.165) is 0 Å². The van der Waals surface area contributed by atoms with Crippen molar-refractivity contribution in [2.24, 2.45) is 4.99 Å². The predicted molar refractivity (Wildman–Crippen MR) is 67.6 cm³/mol. The zero-order valence-electron chi connectivity index (χ0n) is 10.6. The van der Waals surface area contributed by atoms with Crippen molar-refractivity contribution in [2.45, 2.75) is 4.90 Å². The molecule has 7 nitrogen and oxygen atoms in total. The number of aliphatic imine (C=N–C) groups is 1. The van der Waals surface area contributed by atoms with Crippen LogP contribution in [0.2, 0.25) is 0 Å². The van der Waals surface area contributed by atoms with Gasteiger partial charge in [0, 0.05) is 17.5 Å². The molecule has 1 heterocycles. The summed E-state index contributed by atoms with van der Waals surface area (Å²) < 4.78 is 31.9. The second kappa shape index (κ2) is 8.40. The van der Waals surface area contributed by atoms with Gasteiger partial charge >= 0.3 is 29.6 Å². The van der Waals surface area contributed by atoms with Crippen molar-refractivity contribution >= 4 is 33.9 Å². The fraction of sp³-hybridized carbons (Fsp3) is 0.222. The van der Waals surface area contributed by atoms with Gasteiger partial charge in [-0.15, -0.1) is 0 Å². The number of benzene rings is 1. The molecule has 2 N–H and O–H groups in total. The van der Waals surface area contributed by atoms with E-state index in [1.54, 1.807) is 17.1 Å². The summed E-state index contributed by atoms with van der Waals surface area (Å²) in [5, 5.41) is 1.73. The van der Waals surface area contributed by atoms with Crippen LogP contribution in [0, 0.1) is 0 Å². The first-order valence-electron chi connectivity index (χ1n) is 4.97. The van der Waals surface area contributed by atoms with Crippen molar-refractivity contribution in [1.29, 1.82) is 0 Å². The van der Waals surface area contributed by atoms with Gasteiger partial charge in [0.1, 0.15) is 19.7 Å². The van der Waals surface area contributed by atoms with Crippen LogP contribution in [0.1, 0.15) is 0 Å². The number of halogens is 2. The maximum absolute atomic E-state index is 10.9. The number of hydrogen-bond acceptors (Lipinski definition) is 6. The van der Waals surface area contributed by atoms with Gasteiger partial charge in [-0.1, -0.05) is 0 Å². The summed E-state index contributed by atoms with van der Waals surface area (Å²) in [6, 6.07) is 5.70. The molecule has 1 aromatic rings. The van der Waals surface area contributed by atoms with Crippen LogP contribution in [0.4, 0.5) is 5.69 Å². The first-order chi connectivity index (χ1) is 8.45. The summed E-state index contributed by atoms with van der Waals surface area (Å²) >= 11 is 5.75. The monoisotopic (exact) mass is 348 g/mol. The van der Waals surface area contributed by atoms with Crippen molar-refractivity contribution in [3.8, 4) is 0 Å². The van der Waals surface area contributed by atoms with Crippen molar-refractivity contribution in [3.05, 3.63) is 24.3 Å². The molecule has 2 rings (SSSR count). The standard InChI is InChI=1S/C9H11ClN4O3S.ClH.Na/c10-13-5-11-6-14(7-13)12-8-1-3-9(4-2-8)18(15,16)17;;/h1-5,12H,6-7H2,(H,15,16,17);1H;/q;;+1/p-1. The maximum atomic E-state index is 10.9. The molecule has 0 saturated carbocycles. The van der Waals surface area contributed by atoms with Crippen molar-refractivity contribution < 1.29 is 54.9 Å². The zero-order chi connectivity index (χ0) is 13.2. The Kier molecular flexibility index (Phi) is 8.37. The van der Waals surface area contributed by atoms with Gasteiger partial charge in [0.15, 0.2) is 0 Å². The molecular weight excluding hydrogens is 338 g/mol. The average Bonchev–Trinajstić information content (AvgIpc) is 2.28. The van der Waals surface area contributed by atoms with Gasteiger partial charge in [-0.2, -0.15) is 13.4 Å². The number of hydrazine groups is 1. The first-order valence-corrected chi connectivity index (χ1v) is 6.74. The van der Waals surface area contributed by atoms with E-state index in [4.69, 9.17) is 16.3 Å². The molecule has 1 aliphatic heterocycles. The molecule has 0 unspecified atom stereocenters. The van der Waals surface area contributed by atoms with Crippen molar-refractivity contribution in [3.63, 3.8) is 0 Å². The SMILES string of the molecule is O=S(=O)(O)c1ccc(NN2CN=CN(Cl)C2)cc1.[Cl-].[Na+]. The van der Waals surface area contributed by atoms with E-state index in [1.165, 1.54) is 22.9 Å². The second-order valence-corrected chi connectivity index (χ2v) is 5.49. The van der Waals surface area contributed by atoms with E-state index < -0.39 is 10.1 Å². The molecule has 106 valence electrons. The van der Waals surface area contributed by atoms with E-state index in [9.17, 15) is 8.42 Å². The summed E-state index contributed by atoms with van der Waals surface area (Å²) in [6.45, 7) is 0.869. The number of nitrogens with zero attached hydrogens (tertiary/aromatic N) is 3. The van der Waals surface area contributed by atoms with Gasteiger partial charge in [0.05, 0.1) is 4.90 Å². The molecule has 0 bridgehead atoms. The third-order valence-corrected chi connectivity index (χ3v) is 3.27. The second-order valence-electron chi connectivity index (χ2n) is 3.63. The smallest absolute Gasteiger partial charge is 1.00 e. The summed E-state index contributed by atoms with van der Waals surface area (Å²) in [5.41, 5.74) is 3.68. The zero-order valence-corrected chi connectivity index (χ0v) is 14.9. The van der Waals surface area contributed by atoms with Gasteiger partial charge in [0.2, 0.25) is 0 Å². The summed E-state index contributed by atoms with van der Waals surface area (Å²) in [7, 11) is -4.16. The van der Waals surface area contributed by atoms with Gasteiger partial charge in [-0.3, -0.25) is 14.0 Å². The molecule has 0 aliphatic carbocycles. The van der Waals surface area contributed by atoms with Crippen LogP contribution in [0.3, 0.4) is 0 Å². The normalized spacial score (nSPS) is 15.2. The van der Waals surface area contributed by atoms with E-state index in [1.807, 2.05) is 0 Å². The Balaban J connectivity index is 0.00000180. The van der Waals surface area contributed by atoms with E-state index in [-0.39, 0.29) is 46.9 Å². The third kappa shape index (κ3) is 5.74. The quantitative estimate of drug-likeness (QED) is 0.323. The fourth-order valence-corrected chi connectivity index (χ4v) is 2.09. The Hall–Kier alpha value is -0.0600. The molecule has 1 aromatic carbocycles. The van der Waals surface area contributed by atoms with Crippen LogP contribution in [0.25, 0.3) is 0 Å². The van der Waals surface area contributed by atoms with Crippen LogP contribution in [0.15, 0.2) is 34.2 Å². The molecule has 0 radical (unpaired) electrons. The molecule has 11 heteroatoms. The molecule has 0 atom stereocenters. The van der Waals surface area contributed by atoms with Gasteiger partial charge in [0.25, 0.3) is 10.1 Å². The molecular formula is C9H11Cl2N4NaO3S. The Morgan fingerprint density at radius 3 is 2.40 bits per heavy atom. The minimum atomic E-state index is -4.16. The summed E-state index contributed by atoms with van der Waals surface area (Å²) in [5.74, 6) is 0. The molecule has 0 saturated heterocycles. The summed E-state index contributed by atoms with van der Waals surface area (Å²) in [6.07, 6.45) is 1.52. The largest absolute Gasteiger partial charge is 1.00 e. The Morgan fingerprint density at radius 2 is 1.90 bits per heavy atom. The van der Waals surface area contributed by atoms with Crippen LogP contribution in [-0.4, -0.2) is 42.1 Å². The minimum absolute atomic E-state index is 0. The molecule has 0 aromatic heterocycles. The van der Waals surface area contributed by atoms with Crippen molar-refractivity contribution in [2.75, 3.05) is 18.8 Å². The van der Waals surface area contributed by atoms with Crippen LogP contribution in [0.5, 0.6) is 0 Å². The number of rotatable bonds is 3. The first kappa shape index (κ1) is 19.9. The van der Waals surface area contributed by atoms with E-state index in [2.05, 4.69) is 10.4 Å².